The van der Waals surface area contributed by atoms with Gasteiger partial charge in [-0.15, -0.1) is 0 Å². The molecule has 4 N–H and O–H groups in total. The van der Waals surface area contributed by atoms with E-state index in [2.05, 4.69) is 41.4 Å². The third-order valence-corrected chi connectivity index (χ3v) is 9.38. The van der Waals surface area contributed by atoms with Crippen molar-refractivity contribution >= 4 is 50.3 Å². The predicted octanol–water partition coefficient (Wildman–Crippen LogP) is 9.86. The highest BCUT2D eigenvalue weighted by Crippen LogP contribution is 2.37. The van der Waals surface area contributed by atoms with Gasteiger partial charge in [-0.3, -0.25) is 14.3 Å². The Bertz CT molecular complexity index is 1580. The van der Waals surface area contributed by atoms with Gasteiger partial charge < -0.3 is 16.0 Å². The molecule has 0 aliphatic heterocycles. The standard InChI is InChI=1S/C37H52N4O4S/c1-9-10-11-12-13-17-36(43)40-35-23-31(18-19-34(35)39-30-16-14-15-29(22-30)38-27(8)42)41-46(44,45)37-32(25(4)5)20-28(24(2)3)21-33(37)26(6)7/h14-16,18-26,39,41H,9-13,17H2,1-8H3,(H,38,42)(H,40,43). The summed E-state index contributed by atoms with van der Waals surface area (Å²) >= 11 is 0. The normalized spacial score (nSPS) is 11.6. The Kier molecular flexibility index (Phi) is 13.2. The van der Waals surface area contributed by atoms with Crippen LogP contribution in [-0.2, 0) is 19.6 Å². The molecule has 250 valence electrons. The van der Waals surface area contributed by atoms with Crippen LogP contribution >= 0.6 is 0 Å². The van der Waals surface area contributed by atoms with E-state index in [4.69, 9.17) is 0 Å². The Morgan fingerprint density at radius 3 is 1.91 bits per heavy atom. The van der Waals surface area contributed by atoms with Crippen LogP contribution in [0.1, 0.15) is 128 Å². The van der Waals surface area contributed by atoms with Crippen molar-refractivity contribution in [3.8, 4) is 0 Å². The molecule has 8 nitrogen and oxygen atoms in total. The van der Waals surface area contributed by atoms with E-state index in [1.807, 2.05) is 52.0 Å². The van der Waals surface area contributed by atoms with Crippen LogP contribution in [0.15, 0.2) is 59.5 Å². The van der Waals surface area contributed by atoms with E-state index in [9.17, 15) is 18.0 Å². The van der Waals surface area contributed by atoms with Crippen molar-refractivity contribution in [3.05, 3.63) is 71.3 Å². The highest BCUT2D eigenvalue weighted by Gasteiger charge is 2.27. The Morgan fingerprint density at radius 1 is 0.696 bits per heavy atom. The number of carbonyl (C=O) groups is 2. The maximum atomic E-state index is 14.1. The number of hydrogen-bond donors (Lipinski definition) is 4. The number of rotatable bonds is 16. The molecule has 2 amide bonds. The first-order valence-electron chi connectivity index (χ1n) is 16.5. The summed E-state index contributed by atoms with van der Waals surface area (Å²) in [5, 5.41) is 9.10. The number of unbranched alkanes of at least 4 members (excludes halogenated alkanes) is 4. The molecule has 0 atom stereocenters. The van der Waals surface area contributed by atoms with Crippen molar-refractivity contribution in [2.24, 2.45) is 0 Å². The number of amides is 2. The molecule has 3 aromatic rings. The Balaban J connectivity index is 2.01. The van der Waals surface area contributed by atoms with Crippen LogP contribution in [0, 0.1) is 0 Å². The van der Waals surface area contributed by atoms with Crippen LogP contribution in [0.2, 0.25) is 0 Å². The highest BCUT2D eigenvalue weighted by molar-refractivity contribution is 7.92. The summed E-state index contributed by atoms with van der Waals surface area (Å²) in [6.45, 7) is 15.9. The van der Waals surface area contributed by atoms with E-state index in [0.717, 1.165) is 48.8 Å². The van der Waals surface area contributed by atoms with Gasteiger partial charge in [-0.2, -0.15) is 0 Å². The van der Waals surface area contributed by atoms with Crippen molar-refractivity contribution in [2.45, 2.75) is 117 Å². The number of nitrogens with one attached hydrogen (secondary N) is 4. The van der Waals surface area contributed by atoms with E-state index >= 15 is 0 Å². The summed E-state index contributed by atoms with van der Waals surface area (Å²) in [5.74, 6) is -0.0677. The van der Waals surface area contributed by atoms with E-state index < -0.39 is 10.0 Å². The van der Waals surface area contributed by atoms with Crippen LogP contribution in [0.3, 0.4) is 0 Å². The highest BCUT2D eigenvalue weighted by atomic mass is 32.2. The van der Waals surface area contributed by atoms with Crippen molar-refractivity contribution in [1.82, 2.24) is 0 Å². The fourth-order valence-corrected chi connectivity index (χ4v) is 7.11. The zero-order chi connectivity index (χ0) is 34.0. The van der Waals surface area contributed by atoms with Crippen LogP contribution in [0.25, 0.3) is 0 Å². The summed E-state index contributed by atoms with van der Waals surface area (Å²) in [7, 11) is -3.99. The first kappa shape index (κ1) is 36.6. The van der Waals surface area contributed by atoms with Crippen LogP contribution < -0.4 is 20.7 Å². The summed E-state index contributed by atoms with van der Waals surface area (Å²) in [4.78, 5) is 24.9. The fraction of sp³-hybridized carbons (Fsp3) is 0.459. The first-order chi connectivity index (χ1) is 21.7. The van der Waals surface area contributed by atoms with Gasteiger partial charge >= 0.3 is 0 Å². The van der Waals surface area contributed by atoms with Gasteiger partial charge in [0.2, 0.25) is 11.8 Å². The lowest BCUT2D eigenvalue weighted by Gasteiger charge is -2.23. The minimum absolute atomic E-state index is 0.00483. The maximum absolute atomic E-state index is 14.1. The Labute approximate surface area is 276 Å². The van der Waals surface area contributed by atoms with Crippen molar-refractivity contribution in [1.29, 1.82) is 0 Å². The third-order valence-electron chi connectivity index (χ3n) is 7.86. The maximum Gasteiger partial charge on any atom is 0.262 e. The molecule has 0 aromatic heterocycles. The smallest absolute Gasteiger partial charge is 0.262 e. The minimum Gasteiger partial charge on any atom is -0.354 e. The van der Waals surface area contributed by atoms with Crippen molar-refractivity contribution in [2.75, 3.05) is 20.7 Å². The lowest BCUT2D eigenvalue weighted by atomic mass is 9.89. The zero-order valence-corrected chi connectivity index (χ0v) is 29.5. The van der Waals surface area contributed by atoms with Crippen molar-refractivity contribution < 1.29 is 18.0 Å². The van der Waals surface area contributed by atoms with E-state index in [-0.39, 0.29) is 29.6 Å². The Hall–Kier alpha value is -3.85. The first-order valence-corrected chi connectivity index (χ1v) is 18.0. The molecule has 0 unspecified atom stereocenters. The molecule has 0 aliphatic rings. The molecule has 3 aromatic carbocycles. The molecular formula is C37H52N4O4S. The van der Waals surface area contributed by atoms with E-state index in [1.165, 1.54) is 6.92 Å². The van der Waals surface area contributed by atoms with Crippen LogP contribution in [0.5, 0.6) is 0 Å². The molecule has 0 spiro atoms. The second-order valence-corrected chi connectivity index (χ2v) is 14.6. The van der Waals surface area contributed by atoms with E-state index in [0.29, 0.717) is 39.8 Å². The predicted molar refractivity (Wildman–Crippen MR) is 192 cm³/mol. The molecule has 0 saturated carbocycles. The average Bonchev–Trinajstić information content (AvgIpc) is 2.97. The third kappa shape index (κ3) is 10.3. The summed E-state index contributed by atoms with van der Waals surface area (Å²) < 4.78 is 31.1. The van der Waals surface area contributed by atoms with E-state index in [1.54, 1.807) is 30.3 Å². The summed E-state index contributed by atoms with van der Waals surface area (Å²) in [6.07, 6.45) is 5.50. The molecule has 0 fully saturated rings. The van der Waals surface area contributed by atoms with Gasteiger partial charge in [0.05, 0.1) is 22.0 Å². The monoisotopic (exact) mass is 648 g/mol. The summed E-state index contributed by atoms with van der Waals surface area (Å²) in [6, 6.07) is 16.4. The van der Waals surface area contributed by atoms with Gasteiger partial charge in [0, 0.05) is 24.7 Å². The quantitative estimate of drug-likeness (QED) is 0.115. The molecule has 3 rings (SSSR count). The molecular weight excluding hydrogens is 596 g/mol. The second-order valence-electron chi connectivity index (χ2n) is 13.0. The molecule has 0 saturated heterocycles. The molecule has 0 bridgehead atoms. The average molecular weight is 649 g/mol. The van der Waals surface area contributed by atoms with Gasteiger partial charge in [-0.1, -0.05) is 92.3 Å². The number of carbonyl (C=O) groups excluding carboxylic acids is 2. The molecule has 9 heteroatoms. The number of benzene rings is 3. The fourth-order valence-electron chi connectivity index (χ4n) is 5.36. The van der Waals surface area contributed by atoms with Crippen molar-refractivity contribution in [3.63, 3.8) is 0 Å². The summed E-state index contributed by atoms with van der Waals surface area (Å²) in [5.41, 5.74) is 5.40. The molecule has 0 heterocycles. The topological polar surface area (TPSA) is 116 Å². The minimum atomic E-state index is -3.99. The number of hydrogen-bond acceptors (Lipinski definition) is 5. The van der Waals surface area contributed by atoms with Gasteiger partial charge in [0.25, 0.3) is 10.0 Å². The van der Waals surface area contributed by atoms with Gasteiger partial charge in [0.1, 0.15) is 0 Å². The SMILES string of the molecule is CCCCCCCC(=O)Nc1cc(NS(=O)(=O)c2c(C(C)C)cc(C(C)C)cc2C(C)C)ccc1Nc1cccc(NC(C)=O)c1. The molecule has 0 radical (unpaired) electrons. The van der Waals surface area contributed by atoms with Gasteiger partial charge in [-0.05, 0) is 77.3 Å². The number of anilines is 5. The molecule has 46 heavy (non-hydrogen) atoms. The van der Waals surface area contributed by atoms with Gasteiger partial charge in [0.15, 0.2) is 0 Å². The van der Waals surface area contributed by atoms with Crippen LogP contribution in [0.4, 0.5) is 28.4 Å². The van der Waals surface area contributed by atoms with Crippen LogP contribution in [-0.4, -0.2) is 20.2 Å². The molecule has 0 aliphatic carbocycles. The van der Waals surface area contributed by atoms with Gasteiger partial charge in [-0.25, -0.2) is 8.42 Å². The zero-order valence-electron chi connectivity index (χ0n) is 28.7. The lowest BCUT2D eigenvalue weighted by molar-refractivity contribution is -0.116. The largest absolute Gasteiger partial charge is 0.354 e. The Morgan fingerprint density at radius 2 is 1.33 bits per heavy atom. The number of sulfonamides is 1. The second kappa shape index (κ2) is 16.6. The lowest BCUT2D eigenvalue weighted by Crippen LogP contribution is -2.19.